The lowest BCUT2D eigenvalue weighted by molar-refractivity contribution is -0.118. The smallest absolute Gasteiger partial charge is 0.264 e. The standard InChI is InChI=1S/C19H14FN3O2S/c20-12-4-3-5-13(8-12)25-10-18(24)23-19-22-17(11-26-19)15-9-21-16-7-2-1-6-14(15)16/h1-9,11,21H,10H2,(H,22,23,24). The minimum Gasteiger partial charge on any atom is -0.484 e. The number of halogens is 1. The molecule has 1 amide bonds. The molecule has 0 unspecified atom stereocenters. The van der Waals surface area contributed by atoms with E-state index in [0.717, 1.165) is 22.2 Å². The summed E-state index contributed by atoms with van der Waals surface area (Å²) in [4.78, 5) is 19.7. The van der Waals surface area contributed by atoms with E-state index in [1.807, 2.05) is 35.8 Å². The number of rotatable bonds is 5. The largest absolute Gasteiger partial charge is 0.484 e. The van der Waals surface area contributed by atoms with Crippen molar-refractivity contribution in [2.75, 3.05) is 11.9 Å². The van der Waals surface area contributed by atoms with Crippen molar-refractivity contribution < 1.29 is 13.9 Å². The van der Waals surface area contributed by atoms with E-state index in [4.69, 9.17) is 4.74 Å². The van der Waals surface area contributed by atoms with Gasteiger partial charge in [0.25, 0.3) is 5.91 Å². The number of para-hydroxylation sites is 1. The molecular weight excluding hydrogens is 353 g/mol. The van der Waals surface area contributed by atoms with Crippen LogP contribution in [0.4, 0.5) is 9.52 Å². The minimum absolute atomic E-state index is 0.217. The van der Waals surface area contributed by atoms with Crippen molar-refractivity contribution in [2.24, 2.45) is 0 Å². The fraction of sp³-hybridized carbons (Fsp3) is 0.0526. The Morgan fingerprint density at radius 3 is 3.00 bits per heavy atom. The van der Waals surface area contributed by atoms with E-state index in [0.29, 0.717) is 10.9 Å². The monoisotopic (exact) mass is 367 g/mol. The molecule has 2 aromatic heterocycles. The molecule has 5 nitrogen and oxygen atoms in total. The molecule has 0 saturated heterocycles. The summed E-state index contributed by atoms with van der Waals surface area (Å²) in [6.07, 6.45) is 1.90. The van der Waals surface area contributed by atoms with Crippen molar-refractivity contribution in [3.05, 3.63) is 65.9 Å². The lowest BCUT2D eigenvalue weighted by atomic mass is 10.1. The molecule has 26 heavy (non-hydrogen) atoms. The minimum atomic E-state index is -0.411. The molecule has 0 atom stereocenters. The first-order valence-electron chi connectivity index (χ1n) is 7.89. The lowest BCUT2D eigenvalue weighted by Crippen LogP contribution is -2.20. The number of anilines is 1. The van der Waals surface area contributed by atoms with Gasteiger partial charge in [0, 0.05) is 34.1 Å². The fourth-order valence-corrected chi connectivity index (χ4v) is 3.33. The summed E-state index contributed by atoms with van der Waals surface area (Å²) >= 11 is 1.34. The molecule has 4 aromatic rings. The van der Waals surface area contributed by atoms with Crippen LogP contribution in [0.25, 0.3) is 22.2 Å². The normalized spacial score (nSPS) is 10.8. The highest BCUT2D eigenvalue weighted by atomic mass is 32.1. The quantitative estimate of drug-likeness (QED) is 0.548. The van der Waals surface area contributed by atoms with E-state index in [2.05, 4.69) is 15.3 Å². The van der Waals surface area contributed by atoms with Gasteiger partial charge >= 0.3 is 0 Å². The summed E-state index contributed by atoms with van der Waals surface area (Å²) in [5, 5.41) is 6.14. The number of carbonyl (C=O) groups excluding carboxylic acids is 1. The average Bonchev–Trinajstić information content (AvgIpc) is 3.26. The summed E-state index contributed by atoms with van der Waals surface area (Å²) in [5.74, 6) is -0.459. The van der Waals surface area contributed by atoms with Gasteiger partial charge in [0.2, 0.25) is 0 Å². The molecule has 4 rings (SSSR count). The van der Waals surface area contributed by atoms with Crippen LogP contribution in [0.3, 0.4) is 0 Å². The number of fused-ring (bicyclic) bond motifs is 1. The average molecular weight is 367 g/mol. The summed E-state index contributed by atoms with van der Waals surface area (Å²) < 4.78 is 18.4. The number of benzene rings is 2. The third-order valence-corrected chi connectivity index (χ3v) is 4.54. The van der Waals surface area contributed by atoms with Gasteiger partial charge in [-0.2, -0.15) is 0 Å². The number of hydrogen-bond donors (Lipinski definition) is 2. The Kier molecular flexibility index (Phi) is 4.37. The molecule has 2 aromatic carbocycles. The third-order valence-electron chi connectivity index (χ3n) is 3.78. The summed E-state index contributed by atoms with van der Waals surface area (Å²) in [6.45, 7) is -0.217. The Hall–Kier alpha value is -3.19. The van der Waals surface area contributed by atoms with Crippen molar-refractivity contribution in [2.45, 2.75) is 0 Å². The zero-order valence-electron chi connectivity index (χ0n) is 13.5. The van der Waals surface area contributed by atoms with Crippen molar-refractivity contribution in [1.29, 1.82) is 0 Å². The molecule has 0 bridgehead atoms. The highest BCUT2D eigenvalue weighted by Gasteiger charge is 2.12. The van der Waals surface area contributed by atoms with E-state index >= 15 is 0 Å². The van der Waals surface area contributed by atoms with Crippen LogP contribution in [0.2, 0.25) is 0 Å². The van der Waals surface area contributed by atoms with Gasteiger partial charge in [0.1, 0.15) is 11.6 Å². The highest BCUT2D eigenvalue weighted by molar-refractivity contribution is 7.14. The van der Waals surface area contributed by atoms with E-state index < -0.39 is 5.82 Å². The van der Waals surface area contributed by atoms with Crippen LogP contribution in [0.5, 0.6) is 5.75 Å². The molecule has 2 heterocycles. The van der Waals surface area contributed by atoms with Gasteiger partial charge in [0.15, 0.2) is 11.7 Å². The number of aromatic amines is 1. The van der Waals surface area contributed by atoms with Crippen LogP contribution in [-0.4, -0.2) is 22.5 Å². The maximum Gasteiger partial charge on any atom is 0.264 e. The zero-order chi connectivity index (χ0) is 17.9. The molecule has 0 aliphatic heterocycles. The third kappa shape index (κ3) is 3.43. The van der Waals surface area contributed by atoms with Gasteiger partial charge in [-0.3, -0.25) is 10.1 Å². The van der Waals surface area contributed by atoms with Crippen LogP contribution in [0.15, 0.2) is 60.1 Å². The fourth-order valence-electron chi connectivity index (χ4n) is 2.60. The Labute approximate surface area is 152 Å². The van der Waals surface area contributed by atoms with Crippen LogP contribution in [0.1, 0.15) is 0 Å². The molecule has 0 saturated carbocycles. The SMILES string of the molecule is O=C(COc1cccc(F)c1)Nc1nc(-c2c[nH]c3ccccc23)cs1. The Morgan fingerprint density at radius 2 is 2.12 bits per heavy atom. The van der Waals surface area contributed by atoms with Crippen molar-refractivity contribution in [1.82, 2.24) is 9.97 Å². The predicted octanol–water partition coefficient (Wildman–Crippen LogP) is 4.45. The summed E-state index contributed by atoms with van der Waals surface area (Å²) in [7, 11) is 0. The number of nitrogens with zero attached hydrogens (tertiary/aromatic N) is 1. The number of nitrogens with one attached hydrogen (secondary N) is 2. The van der Waals surface area contributed by atoms with E-state index in [1.54, 1.807) is 6.07 Å². The van der Waals surface area contributed by atoms with Gasteiger partial charge in [-0.1, -0.05) is 24.3 Å². The van der Waals surface area contributed by atoms with Gasteiger partial charge < -0.3 is 9.72 Å². The Balaban J connectivity index is 1.42. The first kappa shape index (κ1) is 16.3. The van der Waals surface area contributed by atoms with Crippen LogP contribution in [-0.2, 0) is 4.79 Å². The number of carbonyl (C=O) groups is 1. The number of H-pyrrole nitrogens is 1. The van der Waals surface area contributed by atoms with E-state index in [1.165, 1.54) is 29.5 Å². The maximum absolute atomic E-state index is 13.1. The predicted molar refractivity (Wildman–Crippen MR) is 99.9 cm³/mol. The van der Waals surface area contributed by atoms with Crippen LogP contribution < -0.4 is 10.1 Å². The van der Waals surface area contributed by atoms with Gasteiger partial charge in [-0.15, -0.1) is 11.3 Å². The maximum atomic E-state index is 13.1. The molecule has 0 radical (unpaired) electrons. The zero-order valence-corrected chi connectivity index (χ0v) is 14.3. The second-order valence-electron chi connectivity index (χ2n) is 5.58. The molecule has 130 valence electrons. The second kappa shape index (κ2) is 6.97. The van der Waals surface area contributed by atoms with Crippen LogP contribution >= 0.6 is 11.3 Å². The van der Waals surface area contributed by atoms with E-state index in [9.17, 15) is 9.18 Å². The molecule has 0 aliphatic carbocycles. The molecule has 0 spiro atoms. The first-order chi connectivity index (χ1) is 12.7. The van der Waals surface area contributed by atoms with Crippen LogP contribution in [0, 0.1) is 5.82 Å². The van der Waals surface area contributed by atoms with Gasteiger partial charge in [0.05, 0.1) is 5.69 Å². The number of thiazole rings is 1. The number of ether oxygens (including phenoxy) is 1. The first-order valence-corrected chi connectivity index (χ1v) is 8.77. The molecular formula is C19H14FN3O2S. The Morgan fingerprint density at radius 1 is 1.23 bits per heavy atom. The van der Waals surface area contributed by atoms with E-state index in [-0.39, 0.29) is 12.5 Å². The summed E-state index contributed by atoms with van der Waals surface area (Å²) in [5.41, 5.74) is 2.80. The number of aromatic nitrogens is 2. The number of amides is 1. The summed E-state index contributed by atoms with van der Waals surface area (Å²) in [6, 6.07) is 13.6. The molecule has 0 fully saturated rings. The topological polar surface area (TPSA) is 67.0 Å². The number of hydrogen-bond acceptors (Lipinski definition) is 4. The van der Waals surface area contributed by atoms with Crippen molar-refractivity contribution in [3.8, 4) is 17.0 Å². The second-order valence-corrected chi connectivity index (χ2v) is 6.44. The highest BCUT2D eigenvalue weighted by Crippen LogP contribution is 2.30. The Bertz CT molecular complexity index is 1070. The van der Waals surface area contributed by atoms with Gasteiger partial charge in [-0.05, 0) is 18.2 Å². The van der Waals surface area contributed by atoms with Gasteiger partial charge in [-0.25, -0.2) is 9.37 Å². The lowest BCUT2D eigenvalue weighted by Gasteiger charge is -2.05. The van der Waals surface area contributed by atoms with Crippen molar-refractivity contribution in [3.63, 3.8) is 0 Å². The molecule has 0 aliphatic rings. The van der Waals surface area contributed by atoms with Crippen molar-refractivity contribution >= 4 is 33.3 Å². The molecule has 7 heteroatoms. The molecule has 2 N–H and O–H groups in total.